The highest BCUT2D eigenvalue weighted by molar-refractivity contribution is 6.30. The van der Waals surface area contributed by atoms with Crippen LogP contribution in [0.15, 0.2) is 54.7 Å². The predicted octanol–water partition coefficient (Wildman–Crippen LogP) is 4.06. The molecule has 3 aromatic rings. The lowest BCUT2D eigenvalue weighted by atomic mass is 10.1. The lowest BCUT2D eigenvalue weighted by Crippen LogP contribution is -2.39. The van der Waals surface area contributed by atoms with Crippen LogP contribution in [-0.2, 0) is 6.42 Å². The average Bonchev–Trinajstić information content (AvgIpc) is 3.49. The fraction of sp³-hybridized carbons (Fsp3) is 0.348. The van der Waals surface area contributed by atoms with Gasteiger partial charge in [0, 0.05) is 23.3 Å². The molecule has 0 unspecified atom stereocenters. The Morgan fingerprint density at radius 2 is 2.10 bits per heavy atom. The zero-order valence-corrected chi connectivity index (χ0v) is 17.0. The number of hydrogen-bond acceptors (Lipinski definition) is 4. The number of aromatic amines is 1. The molecule has 1 aromatic heterocycles. The van der Waals surface area contributed by atoms with E-state index in [1.807, 2.05) is 30.5 Å². The Hall–Kier alpha value is -2.34. The number of hydrogen-bond donors (Lipinski definition) is 2. The summed E-state index contributed by atoms with van der Waals surface area (Å²) in [6, 6.07) is 16.6. The van der Waals surface area contributed by atoms with Crippen LogP contribution < -0.4 is 10.5 Å². The van der Waals surface area contributed by atoms with Gasteiger partial charge in [0.2, 0.25) is 0 Å². The topological polar surface area (TPSA) is 67.2 Å². The molecule has 29 heavy (non-hydrogen) atoms. The molecule has 1 fully saturated rings. The highest BCUT2D eigenvalue weighted by Crippen LogP contribution is 2.42. The number of rotatable bonds is 5. The lowest BCUT2D eigenvalue weighted by Gasteiger charge is -2.30. The van der Waals surface area contributed by atoms with Crippen molar-refractivity contribution in [2.24, 2.45) is 11.7 Å². The van der Waals surface area contributed by atoms with Crippen molar-refractivity contribution in [3.63, 3.8) is 0 Å². The van der Waals surface area contributed by atoms with E-state index in [1.165, 1.54) is 11.1 Å². The molecule has 0 spiro atoms. The molecule has 1 saturated heterocycles. The molecule has 5 rings (SSSR count). The van der Waals surface area contributed by atoms with Crippen LogP contribution in [0.3, 0.4) is 0 Å². The van der Waals surface area contributed by atoms with E-state index < -0.39 is 0 Å². The highest BCUT2D eigenvalue weighted by atomic mass is 35.5. The minimum atomic E-state index is -0.0263. The van der Waals surface area contributed by atoms with Crippen molar-refractivity contribution in [1.29, 1.82) is 0 Å². The van der Waals surface area contributed by atoms with Crippen molar-refractivity contribution < 1.29 is 4.74 Å². The maximum absolute atomic E-state index is 6.72. The second-order valence-corrected chi connectivity index (χ2v) is 8.43. The summed E-state index contributed by atoms with van der Waals surface area (Å²) < 4.78 is 6.72. The number of aromatic nitrogens is 2. The van der Waals surface area contributed by atoms with Crippen LogP contribution in [0.25, 0.3) is 11.3 Å². The van der Waals surface area contributed by atoms with Gasteiger partial charge in [-0.1, -0.05) is 35.9 Å². The number of H-pyrrole nitrogens is 1. The Morgan fingerprint density at radius 3 is 2.90 bits per heavy atom. The number of halogens is 1. The van der Waals surface area contributed by atoms with Crippen LogP contribution in [0.1, 0.15) is 23.7 Å². The summed E-state index contributed by atoms with van der Waals surface area (Å²) in [6.45, 7) is 2.87. The molecule has 2 aliphatic rings. The van der Waals surface area contributed by atoms with Gasteiger partial charge in [-0.2, -0.15) is 5.10 Å². The van der Waals surface area contributed by atoms with Crippen LogP contribution in [0, 0.1) is 5.92 Å². The van der Waals surface area contributed by atoms with Crippen molar-refractivity contribution in [3.05, 3.63) is 70.9 Å². The summed E-state index contributed by atoms with van der Waals surface area (Å²) >= 11 is 6.28. The van der Waals surface area contributed by atoms with E-state index in [9.17, 15) is 0 Å². The Balaban J connectivity index is 1.50. The van der Waals surface area contributed by atoms with Crippen molar-refractivity contribution in [2.75, 3.05) is 19.6 Å². The Kier molecular flexibility index (Phi) is 5.04. The quantitative estimate of drug-likeness (QED) is 0.668. The van der Waals surface area contributed by atoms with E-state index in [1.54, 1.807) is 0 Å². The number of likely N-dealkylation sites (tertiary alicyclic amines) is 1. The van der Waals surface area contributed by atoms with E-state index in [0.29, 0.717) is 17.0 Å². The summed E-state index contributed by atoms with van der Waals surface area (Å²) in [5, 5.41) is 7.89. The maximum atomic E-state index is 6.72. The number of benzene rings is 2. The number of nitrogens with two attached hydrogens (primary N) is 1. The molecule has 0 bridgehead atoms. The first-order chi connectivity index (χ1) is 14.2. The second-order valence-electron chi connectivity index (χ2n) is 7.99. The summed E-state index contributed by atoms with van der Waals surface area (Å²) in [6.07, 6.45) is 3.95. The number of ether oxygens (including phenoxy) is 1. The first kappa shape index (κ1) is 18.7. The monoisotopic (exact) mass is 408 g/mol. The van der Waals surface area contributed by atoms with Crippen molar-refractivity contribution >= 4 is 11.6 Å². The van der Waals surface area contributed by atoms with E-state index >= 15 is 0 Å². The van der Waals surface area contributed by atoms with Crippen molar-refractivity contribution in [2.45, 2.75) is 25.0 Å². The second kappa shape index (κ2) is 7.82. The molecular formula is C23H25ClN4O. The first-order valence-corrected chi connectivity index (χ1v) is 10.6. The van der Waals surface area contributed by atoms with E-state index in [-0.39, 0.29) is 6.10 Å². The van der Waals surface area contributed by atoms with Crippen LogP contribution in [0.2, 0.25) is 5.02 Å². The molecule has 6 heteroatoms. The minimum absolute atomic E-state index is 0.0263. The summed E-state index contributed by atoms with van der Waals surface area (Å²) in [5.74, 6) is 1.39. The first-order valence-electron chi connectivity index (χ1n) is 10.2. The van der Waals surface area contributed by atoms with Gasteiger partial charge in [-0.05, 0) is 67.2 Å². The number of nitrogens with zero attached hydrogens (tertiary/aromatic N) is 2. The van der Waals surface area contributed by atoms with Crippen molar-refractivity contribution in [1.82, 2.24) is 15.1 Å². The van der Waals surface area contributed by atoms with Crippen LogP contribution >= 0.6 is 11.6 Å². The Bertz CT molecular complexity index is 990. The van der Waals surface area contributed by atoms with Gasteiger partial charge < -0.3 is 10.5 Å². The van der Waals surface area contributed by atoms with Crippen molar-refractivity contribution in [3.8, 4) is 17.0 Å². The smallest absolute Gasteiger partial charge is 0.140 e. The fourth-order valence-corrected chi connectivity index (χ4v) is 4.88. The van der Waals surface area contributed by atoms with E-state index in [4.69, 9.17) is 22.1 Å². The number of fused-ring (bicyclic) bond motifs is 1. The van der Waals surface area contributed by atoms with Gasteiger partial charge in [-0.3, -0.25) is 10.00 Å². The third-order valence-electron chi connectivity index (χ3n) is 6.23. The van der Waals surface area contributed by atoms with Crippen LogP contribution in [0.4, 0.5) is 0 Å². The molecule has 1 aliphatic carbocycles. The maximum Gasteiger partial charge on any atom is 0.140 e. The molecule has 0 saturated carbocycles. The average molecular weight is 409 g/mol. The van der Waals surface area contributed by atoms with Gasteiger partial charge in [0.25, 0.3) is 0 Å². The summed E-state index contributed by atoms with van der Waals surface area (Å²) in [7, 11) is 0. The third-order valence-corrected chi connectivity index (χ3v) is 6.47. The molecule has 0 amide bonds. The summed E-state index contributed by atoms with van der Waals surface area (Å²) in [5.41, 5.74) is 10.3. The molecule has 3 atom stereocenters. The number of nitrogens with one attached hydrogen (secondary N) is 1. The molecular weight excluding hydrogens is 384 g/mol. The molecule has 2 aromatic carbocycles. The SMILES string of the molecule is NC[C@H]1CCN([C@@H]2Cc3ccccc3[C@H]2Oc2ccc(Cl)cc2-c2cc[nH]n2)C1. The largest absolute Gasteiger partial charge is 0.483 e. The highest BCUT2D eigenvalue weighted by Gasteiger charge is 2.40. The zero-order chi connectivity index (χ0) is 19.8. The van der Waals surface area contributed by atoms with Gasteiger partial charge in [-0.15, -0.1) is 0 Å². The van der Waals surface area contributed by atoms with E-state index in [2.05, 4.69) is 39.4 Å². The molecule has 5 nitrogen and oxygen atoms in total. The van der Waals surface area contributed by atoms with E-state index in [0.717, 1.165) is 49.5 Å². The van der Waals surface area contributed by atoms with Crippen LogP contribution in [-0.4, -0.2) is 40.8 Å². The third kappa shape index (κ3) is 3.54. The Morgan fingerprint density at radius 1 is 1.21 bits per heavy atom. The normalized spacial score (nSPS) is 24.0. The van der Waals surface area contributed by atoms with Gasteiger partial charge in [0.1, 0.15) is 11.9 Å². The van der Waals surface area contributed by atoms with Crippen LogP contribution in [0.5, 0.6) is 5.75 Å². The predicted molar refractivity (Wildman–Crippen MR) is 115 cm³/mol. The Labute approximate surface area is 175 Å². The molecule has 2 heterocycles. The molecule has 3 N–H and O–H groups in total. The van der Waals surface area contributed by atoms with Gasteiger partial charge in [0.05, 0.1) is 11.7 Å². The molecule has 0 radical (unpaired) electrons. The fourth-order valence-electron chi connectivity index (χ4n) is 4.71. The minimum Gasteiger partial charge on any atom is -0.483 e. The van der Waals surface area contributed by atoms with Gasteiger partial charge in [0.15, 0.2) is 0 Å². The zero-order valence-electron chi connectivity index (χ0n) is 16.2. The molecule has 1 aliphatic heterocycles. The standard InChI is InChI=1S/C23H25ClN4O/c24-17-5-6-22(19(12-17)20-7-9-26-27-20)29-23-18-4-2-1-3-16(18)11-21(23)28-10-8-15(13-25)14-28/h1-7,9,12,15,21,23H,8,10-11,13-14,25H2,(H,26,27)/t15-,21-,23-/m1/s1. The lowest BCUT2D eigenvalue weighted by molar-refractivity contribution is 0.0921. The van der Waals surface area contributed by atoms with Gasteiger partial charge in [-0.25, -0.2) is 0 Å². The molecule has 150 valence electrons. The van der Waals surface area contributed by atoms with Gasteiger partial charge >= 0.3 is 0 Å². The summed E-state index contributed by atoms with van der Waals surface area (Å²) in [4.78, 5) is 2.56.